The summed E-state index contributed by atoms with van der Waals surface area (Å²) in [6.07, 6.45) is 2.47. The van der Waals surface area contributed by atoms with E-state index < -0.39 is 32.0 Å². The second kappa shape index (κ2) is 7.81. The summed E-state index contributed by atoms with van der Waals surface area (Å²) in [4.78, 5) is -0.505. The highest BCUT2D eigenvalue weighted by Gasteiger charge is 2.21. The summed E-state index contributed by atoms with van der Waals surface area (Å²) in [5, 5.41) is 5.66. The highest BCUT2D eigenvalue weighted by atomic mass is 35.5. The summed E-state index contributed by atoms with van der Waals surface area (Å²) >= 11 is 8.99. The maximum atomic E-state index is 13.5. The van der Waals surface area contributed by atoms with Crippen LogP contribution >= 0.6 is 23.2 Å². The lowest BCUT2D eigenvalue weighted by molar-refractivity contribution is 0.563. The molecule has 134 valence electrons. The number of nitrogens with two attached hydrogens (primary N) is 1. The van der Waals surface area contributed by atoms with Gasteiger partial charge in [0.15, 0.2) is 0 Å². The van der Waals surface area contributed by atoms with Gasteiger partial charge in [-0.1, -0.05) is 29.3 Å². The molecule has 0 fully saturated rings. The van der Waals surface area contributed by atoms with E-state index in [1.807, 2.05) is 0 Å². The molecule has 0 radical (unpaired) electrons. The molecule has 1 unspecified atom stereocenters. The molecule has 1 atom stereocenters. The van der Waals surface area contributed by atoms with Crippen LogP contribution in [0.5, 0.6) is 0 Å². The number of rotatable bonds is 5. The summed E-state index contributed by atoms with van der Waals surface area (Å²) in [6.45, 7) is 0. The van der Waals surface area contributed by atoms with Crippen LogP contribution in [-0.4, -0.2) is 17.2 Å². The van der Waals surface area contributed by atoms with Crippen molar-refractivity contribution >= 4 is 56.3 Å². The molecular weight excluding hydrogens is 414 g/mol. The number of hydrogen-bond acceptors (Lipinski definition) is 3. The van der Waals surface area contributed by atoms with Gasteiger partial charge in [0, 0.05) is 6.20 Å². The van der Waals surface area contributed by atoms with E-state index in [-0.39, 0.29) is 10.7 Å². The molecule has 0 saturated heterocycles. The number of primary sulfonamides is 1. The Labute approximate surface area is 156 Å². The predicted molar refractivity (Wildman–Crippen MR) is 96.5 cm³/mol. The molecule has 3 N–H and O–H groups in total. The minimum Gasteiger partial charge on any atom is -0.289 e. The highest BCUT2D eigenvalue weighted by Crippen LogP contribution is 2.28. The van der Waals surface area contributed by atoms with E-state index in [1.165, 1.54) is 18.2 Å². The van der Waals surface area contributed by atoms with Crippen molar-refractivity contribution in [2.75, 3.05) is 4.31 Å². The quantitative estimate of drug-likeness (QED) is 0.718. The van der Waals surface area contributed by atoms with Crippen LogP contribution in [0.15, 0.2) is 47.5 Å². The van der Waals surface area contributed by atoms with Gasteiger partial charge >= 0.3 is 0 Å². The van der Waals surface area contributed by atoms with Crippen LogP contribution in [-0.2, 0) is 21.3 Å². The van der Waals surface area contributed by atoms with E-state index in [0.29, 0.717) is 14.9 Å². The van der Waals surface area contributed by atoms with E-state index in [2.05, 4.69) is 0 Å². The van der Waals surface area contributed by atoms with Crippen LogP contribution in [0.25, 0.3) is 6.08 Å². The standard InChI is InChI=1S/C14H11Cl2FN2O4S2/c15-11-3-1-9(7-12(11)16)5-6-19(24(20)21)13-8-10(17)2-4-14(13)25(18,22)23/h1-8H,(H,20,21)(H2,18,22,23). The van der Waals surface area contributed by atoms with Gasteiger partial charge in [0.1, 0.15) is 10.7 Å². The van der Waals surface area contributed by atoms with Crippen LogP contribution in [0.1, 0.15) is 5.56 Å². The number of nitrogens with zero attached hydrogens (tertiary/aromatic N) is 1. The van der Waals surface area contributed by atoms with Gasteiger partial charge in [0.05, 0.1) is 15.7 Å². The number of benzene rings is 2. The van der Waals surface area contributed by atoms with Crippen LogP contribution < -0.4 is 9.44 Å². The number of hydrogen-bond donors (Lipinski definition) is 2. The maximum absolute atomic E-state index is 13.5. The molecule has 25 heavy (non-hydrogen) atoms. The predicted octanol–water partition coefficient (Wildman–Crippen LogP) is 3.39. The molecule has 11 heteroatoms. The minimum atomic E-state index is -4.25. The Hall–Kier alpha value is -1.49. The first-order chi connectivity index (χ1) is 11.6. The molecule has 2 aromatic carbocycles. The van der Waals surface area contributed by atoms with E-state index >= 15 is 0 Å². The third-order valence-corrected chi connectivity index (χ3v) is 5.33. The van der Waals surface area contributed by atoms with Gasteiger partial charge in [-0.25, -0.2) is 26.5 Å². The lowest BCUT2D eigenvalue weighted by Gasteiger charge is -2.18. The van der Waals surface area contributed by atoms with Crippen molar-refractivity contribution in [3.8, 4) is 0 Å². The van der Waals surface area contributed by atoms with Gasteiger partial charge in [-0.2, -0.15) is 0 Å². The zero-order chi connectivity index (χ0) is 18.8. The molecule has 0 spiro atoms. The Balaban J connectivity index is 2.52. The Morgan fingerprint density at radius 3 is 2.40 bits per heavy atom. The van der Waals surface area contributed by atoms with Crippen molar-refractivity contribution in [2.45, 2.75) is 4.90 Å². The fraction of sp³-hybridized carbons (Fsp3) is 0. The third kappa shape index (κ3) is 5.00. The Morgan fingerprint density at radius 2 is 1.84 bits per heavy atom. The van der Waals surface area contributed by atoms with Gasteiger partial charge in [0.25, 0.3) is 11.3 Å². The van der Waals surface area contributed by atoms with Crippen LogP contribution in [0, 0.1) is 5.82 Å². The molecule has 2 rings (SSSR count). The number of anilines is 1. The first kappa shape index (κ1) is 19.8. The third-order valence-electron chi connectivity index (χ3n) is 2.98. The van der Waals surface area contributed by atoms with E-state index in [9.17, 15) is 21.6 Å². The number of sulfonamides is 1. The van der Waals surface area contributed by atoms with Gasteiger partial charge in [0.2, 0.25) is 10.0 Å². The zero-order valence-electron chi connectivity index (χ0n) is 12.3. The second-order valence-corrected chi connectivity index (χ2v) is 7.90. The Bertz CT molecular complexity index is 967. The molecule has 0 aliphatic heterocycles. The van der Waals surface area contributed by atoms with Gasteiger partial charge in [-0.15, -0.1) is 0 Å². The monoisotopic (exact) mass is 424 g/mol. The van der Waals surface area contributed by atoms with Crippen molar-refractivity contribution in [1.29, 1.82) is 0 Å². The molecule has 0 aliphatic rings. The molecular formula is C14H11Cl2FN2O4S2. The van der Waals surface area contributed by atoms with E-state index in [0.717, 1.165) is 24.4 Å². The van der Waals surface area contributed by atoms with E-state index in [4.69, 9.17) is 28.3 Å². The topological polar surface area (TPSA) is 101 Å². The first-order valence-corrected chi connectivity index (χ1v) is 9.82. The van der Waals surface area contributed by atoms with Gasteiger partial charge in [-0.05, 0) is 42.0 Å². The van der Waals surface area contributed by atoms with Gasteiger partial charge < -0.3 is 0 Å². The van der Waals surface area contributed by atoms with Crippen LogP contribution in [0.3, 0.4) is 0 Å². The molecule has 0 amide bonds. The van der Waals surface area contributed by atoms with Crippen molar-refractivity contribution < 1.29 is 21.6 Å². The summed E-state index contributed by atoms with van der Waals surface area (Å²) < 4.78 is 58.5. The average Bonchev–Trinajstić information content (AvgIpc) is 2.49. The van der Waals surface area contributed by atoms with Gasteiger partial charge in [-0.3, -0.25) is 4.55 Å². The van der Waals surface area contributed by atoms with Crippen molar-refractivity contribution in [1.82, 2.24) is 0 Å². The average molecular weight is 425 g/mol. The van der Waals surface area contributed by atoms with Crippen molar-refractivity contribution in [2.24, 2.45) is 5.14 Å². The molecule has 0 saturated carbocycles. The first-order valence-electron chi connectivity index (χ1n) is 6.45. The van der Waals surface area contributed by atoms with Crippen LogP contribution in [0.4, 0.5) is 10.1 Å². The normalized spacial score (nSPS) is 13.2. The fourth-order valence-electron chi connectivity index (χ4n) is 1.89. The lowest BCUT2D eigenvalue weighted by atomic mass is 10.2. The number of halogens is 3. The maximum Gasteiger partial charge on any atom is 0.266 e. The zero-order valence-corrected chi connectivity index (χ0v) is 15.4. The lowest BCUT2D eigenvalue weighted by Crippen LogP contribution is -2.23. The van der Waals surface area contributed by atoms with E-state index in [1.54, 1.807) is 6.07 Å². The highest BCUT2D eigenvalue weighted by molar-refractivity contribution is 7.89. The molecule has 2 aromatic rings. The van der Waals surface area contributed by atoms with Crippen molar-refractivity contribution in [3.05, 3.63) is 64.0 Å². The smallest absolute Gasteiger partial charge is 0.266 e. The summed E-state index contributed by atoms with van der Waals surface area (Å²) in [5.74, 6) is -0.805. The fourth-order valence-corrected chi connectivity index (χ4v) is 3.44. The molecule has 6 nitrogen and oxygen atoms in total. The minimum absolute atomic E-state index is 0.261. The molecule has 0 aromatic heterocycles. The summed E-state index contributed by atoms with van der Waals surface area (Å²) in [5.41, 5.74) is 0.123. The second-order valence-electron chi connectivity index (χ2n) is 4.70. The Morgan fingerprint density at radius 1 is 1.16 bits per heavy atom. The summed E-state index contributed by atoms with van der Waals surface area (Å²) in [6, 6.07) is 7.16. The molecule has 0 aliphatic carbocycles. The molecule has 0 heterocycles. The van der Waals surface area contributed by atoms with Crippen LogP contribution in [0.2, 0.25) is 10.0 Å². The van der Waals surface area contributed by atoms with Crippen molar-refractivity contribution in [3.63, 3.8) is 0 Å². The molecule has 0 bridgehead atoms. The largest absolute Gasteiger partial charge is 0.289 e. The Kier molecular flexibility index (Phi) is 6.20. The SMILES string of the molecule is NS(=O)(=O)c1ccc(F)cc1N(C=Cc1ccc(Cl)c(Cl)c1)S(=O)O. The summed E-state index contributed by atoms with van der Waals surface area (Å²) in [7, 11) is -4.25.